The summed E-state index contributed by atoms with van der Waals surface area (Å²) in [5.74, 6) is -5.40. The Kier molecular flexibility index (Phi) is 12.5. The van der Waals surface area contributed by atoms with Crippen molar-refractivity contribution < 1.29 is 49.0 Å². The monoisotopic (exact) mass is 896 g/mol. The maximum atomic E-state index is 14.8. The van der Waals surface area contributed by atoms with Crippen LogP contribution in [-0.2, 0) is 14.3 Å². The standard InChI is InChI=1S/C49H60N4O12/c1-23-10-9-11-24(2)48(61)51-39-44(59)35-34(38-46(39)64-33-21-30(20-31(54)37(33)50-38)53-17-15-52(16-18-53)22-29-12-13-29)36-45(28(6)43(35)58)65-49(7,47(36)60)63-19-14-32(62-8)25(3)41(56)27(5)42(57)26(4)40(23)55/h9-11,14,19-21,23,25-27,29,32,40-42,55-58,60H,12-13,15-18,22H2,1-8H3,(H,51,61)/b10-9+,19-14+,24-11-/t23-,25+,26+,27-,32-,40-,41+,42+,49-/m0/s1. The molecule has 1 saturated heterocycles. The zero-order chi connectivity index (χ0) is 46.8. The molecule has 6 N–H and O–H groups in total. The van der Waals surface area contributed by atoms with Gasteiger partial charge in [0.15, 0.2) is 22.4 Å². The number of carbonyl (C=O) groups excluding carboxylic acids is 1. The van der Waals surface area contributed by atoms with Gasteiger partial charge in [-0.25, -0.2) is 4.98 Å². The van der Waals surface area contributed by atoms with E-state index in [1.807, 2.05) is 0 Å². The lowest BCUT2D eigenvalue weighted by Crippen LogP contribution is -2.47. The minimum absolute atomic E-state index is 0.0298. The van der Waals surface area contributed by atoms with Gasteiger partial charge in [0.2, 0.25) is 10.9 Å². The van der Waals surface area contributed by atoms with Crippen LogP contribution in [0.2, 0.25) is 0 Å². The van der Waals surface area contributed by atoms with Crippen LogP contribution < -0.4 is 31.0 Å². The number of carbonyl (C=O) groups is 1. The Bertz CT molecular complexity index is 2810. The predicted octanol–water partition coefficient (Wildman–Crippen LogP) is 4.52. The SMILES string of the molecule is CO[C@H]1/C=C/O[C@@]2(C)Oc3c(C)c(O)c4c(=O)c(c5oc6cc(N7CCN(CC8CC8)CC7)cc(=O)c6nc5c4c3=C2O)NC(=O)/C(C)=C\C=C\[C@H](C)[C@H](O)[C@@H](C)[C@@H](O)[C@@H](C)[C@H](O)[C@@H]1C. The van der Waals surface area contributed by atoms with E-state index in [4.69, 9.17) is 23.6 Å². The number of nitrogens with one attached hydrogen (secondary N) is 1. The first-order valence-electron chi connectivity index (χ1n) is 22.5. The van der Waals surface area contributed by atoms with Crippen molar-refractivity contribution in [2.45, 2.75) is 91.5 Å². The van der Waals surface area contributed by atoms with Gasteiger partial charge in [-0.15, -0.1) is 0 Å². The van der Waals surface area contributed by atoms with Crippen molar-refractivity contribution in [3.05, 3.63) is 79.5 Å². The van der Waals surface area contributed by atoms with Crippen LogP contribution in [-0.4, -0.2) is 111 Å². The number of rotatable bonds is 4. The summed E-state index contributed by atoms with van der Waals surface area (Å²) < 4.78 is 24.6. The van der Waals surface area contributed by atoms with Crippen LogP contribution in [0.1, 0.15) is 59.9 Å². The number of phenolic OH excluding ortho intramolecular Hbond substituents is 1. The Labute approximate surface area is 376 Å². The summed E-state index contributed by atoms with van der Waals surface area (Å²) in [7, 11) is 1.45. The molecule has 1 amide bonds. The Morgan fingerprint density at radius 2 is 1.57 bits per heavy atom. The molecule has 2 fully saturated rings. The average Bonchev–Trinajstić information content (AvgIpc) is 4.07. The number of aliphatic hydroxyl groups excluding tert-OH is 4. The second-order valence-corrected chi connectivity index (χ2v) is 18.7. The topological polar surface area (TPSA) is 225 Å². The van der Waals surface area contributed by atoms with Gasteiger partial charge in [0.1, 0.15) is 22.7 Å². The lowest BCUT2D eigenvalue weighted by atomic mass is 9.78. The van der Waals surface area contributed by atoms with Gasteiger partial charge in [-0.3, -0.25) is 19.3 Å². The number of aliphatic hydroxyl groups is 4. The molecule has 9 atom stereocenters. The van der Waals surface area contributed by atoms with Gasteiger partial charge >= 0.3 is 5.79 Å². The average molecular weight is 897 g/mol. The first kappa shape index (κ1) is 46.0. The molecular weight excluding hydrogens is 837 g/mol. The summed E-state index contributed by atoms with van der Waals surface area (Å²) in [6.45, 7) is 15.5. The molecule has 348 valence electrons. The van der Waals surface area contributed by atoms with Crippen LogP contribution in [0.4, 0.5) is 11.4 Å². The molecule has 0 unspecified atom stereocenters. The summed E-state index contributed by atoms with van der Waals surface area (Å²) in [5, 5.41) is 60.3. The molecule has 65 heavy (non-hydrogen) atoms. The van der Waals surface area contributed by atoms with E-state index < -0.39 is 82.1 Å². The maximum absolute atomic E-state index is 14.8. The van der Waals surface area contributed by atoms with Crippen molar-refractivity contribution >= 4 is 56.0 Å². The van der Waals surface area contributed by atoms with Crippen molar-refractivity contribution in [1.29, 1.82) is 0 Å². The molecule has 16 nitrogen and oxygen atoms in total. The number of hydrogen-bond donors (Lipinski definition) is 6. The van der Waals surface area contributed by atoms with E-state index in [0.29, 0.717) is 18.8 Å². The van der Waals surface area contributed by atoms with E-state index >= 15 is 0 Å². The van der Waals surface area contributed by atoms with Gasteiger partial charge in [-0.1, -0.05) is 45.9 Å². The molecular formula is C49H60N4O12. The summed E-state index contributed by atoms with van der Waals surface area (Å²) in [6, 6.07) is 3.19. The highest BCUT2D eigenvalue weighted by Crippen LogP contribution is 2.42. The van der Waals surface area contributed by atoms with Crippen molar-refractivity contribution in [2.75, 3.05) is 50.1 Å². The number of phenols is 1. The van der Waals surface area contributed by atoms with Crippen LogP contribution in [0.15, 0.2) is 62.3 Å². The summed E-state index contributed by atoms with van der Waals surface area (Å²) in [5.41, 5.74) is -1.17. The first-order valence-corrected chi connectivity index (χ1v) is 22.5. The second-order valence-electron chi connectivity index (χ2n) is 18.7. The third-order valence-electron chi connectivity index (χ3n) is 14.1. The summed E-state index contributed by atoms with van der Waals surface area (Å²) in [6.07, 6.45) is 6.04. The fourth-order valence-corrected chi connectivity index (χ4v) is 9.52. The highest BCUT2D eigenvalue weighted by Gasteiger charge is 2.44. The Balaban J connectivity index is 1.32. The van der Waals surface area contributed by atoms with Gasteiger partial charge in [0, 0.05) is 105 Å². The Morgan fingerprint density at radius 1 is 0.892 bits per heavy atom. The molecule has 16 heteroatoms. The van der Waals surface area contributed by atoms with E-state index in [1.165, 1.54) is 65.2 Å². The minimum Gasteiger partial charge on any atom is -0.507 e. The second kappa shape index (κ2) is 17.7. The van der Waals surface area contributed by atoms with Gasteiger partial charge in [0.05, 0.1) is 41.3 Å². The highest BCUT2D eigenvalue weighted by atomic mass is 16.7. The minimum atomic E-state index is -1.95. The van der Waals surface area contributed by atoms with E-state index in [-0.39, 0.29) is 60.8 Å². The number of piperazine rings is 1. The van der Waals surface area contributed by atoms with Gasteiger partial charge < -0.3 is 54.4 Å². The molecule has 4 aliphatic rings. The van der Waals surface area contributed by atoms with Crippen LogP contribution >= 0.6 is 0 Å². The molecule has 1 saturated carbocycles. The number of fused-ring (bicyclic) bond motifs is 2. The quantitative estimate of drug-likeness (QED) is 0.122. The van der Waals surface area contributed by atoms with Crippen LogP contribution in [0.25, 0.3) is 38.7 Å². The molecule has 4 aromatic rings. The fraction of sp³-hybridized carbons (Fsp3) is 0.510. The number of aromatic nitrogens is 1. The number of amides is 1. The molecule has 1 aliphatic carbocycles. The van der Waals surface area contributed by atoms with Crippen molar-refractivity contribution in [3.8, 4) is 11.5 Å². The highest BCUT2D eigenvalue weighted by molar-refractivity contribution is 6.16. The smallest absolute Gasteiger partial charge is 0.307 e. The molecule has 0 radical (unpaired) electrons. The normalized spacial score (nSPS) is 31.5. The summed E-state index contributed by atoms with van der Waals surface area (Å²) in [4.78, 5) is 52.2. The number of hydrogen-bond acceptors (Lipinski definition) is 15. The number of ether oxygens (including phenoxy) is 3. The Morgan fingerprint density at radius 3 is 2.25 bits per heavy atom. The lowest BCUT2D eigenvalue weighted by molar-refractivity contribution is -0.112. The maximum Gasteiger partial charge on any atom is 0.307 e. The van der Waals surface area contributed by atoms with Crippen molar-refractivity contribution in [3.63, 3.8) is 0 Å². The number of aromatic hydroxyl groups is 1. The van der Waals surface area contributed by atoms with Gasteiger partial charge in [-0.2, -0.15) is 0 Å². The molecule has 8 rings (SSSR count). The van der Waals surface area contributed by atoms with Gasteiger partial charge in [-0.05, 0) is 38.7 Å². The van der Waals surface area contributed by atoms with Gasteiger partial charge in [0.25, 0.3) is 5.91 Å². The van der Waals surface area contributed by atoms with E-state index in [1.54, 1.807) is 45.9 Å². The van der Waals surface area contributed by atoms with E-state index in [2.05, 4.69) is 15.1 Å². The largest absolute Gasteiger partial charge is 0.507 e. The van der Waals surface area contributed by atoms with Crippen molar-refractivity contribution in [1.82, 2.24) is 9.88 Å². The molecule has 4 heterocycles. The third kappa shape index (κ3) is 8.35. The molecule has 0 spiro atoms. The number of anilines is 2. The third-order valence-corrected chi connectivity index (χ3v) is 14.1. The number of benzene rings is 3. The predicted molar refractivity (Wildman–Crippen MR) is 247 cm³/mol. The van der Waals surface area contributed by atoms with Crippen molar-refractivity contribution in [2.24, 2.45) is 29.6 Å². The van der Waals surface area contributed by atoms with Crippen LogP contribution in [0.5, 0.6) is 11.5 Å². The number of allylic oxidation sites excluding steroid dienone is 2. The van der Waals surface area contributed by atoms with Crippen LogP contribution in [0, 0.1) is 36.5 Å². The van der Waals surface area contributed by atoms with E-state index in [9.17, 15) is 39.9 Å². The zero-order valence-electron chi connectivity index (χ0n) is 38.1. The fourth-order valence-electron chi connectivity index (χ4n) is 9.52. The van der Waals surface area contributed by atoms with Crippen LogP contribution in [0.3, 0.4) is 0 Å². The zero-order valence-corrected chi connectivity index (χ0v) is 38.1. The summed E-state index contributed by atoms with van der Waals surface area (Å²) >= 11 is 0. The first-order chi connectivity index (χ1) is 30.8. The number of nitrogens with zero attached hydrogens (tertiary/aromatic N) is 3. The molecule has 1 aromatic heterocycles. The van der Waals surface area contributed by atoms with E-state index in [0.717, 1.165) is 25.6 Å². The molecule has 3 aromatic carbocycles. The lowest BCUT2D eigenvalue weighted by Gasteiger charge is -2.36. The Hall–Kier alpha value is -5.52. The number of methoxy groups -OCH3 is 1. The molecule has 3 aliphatic heterocycles. The molecule has 4 bridgehead atoms.